The highest BCUT2D eigenvalue weighted by atomic mass is 127. The van der Waals surface area contributed by atoms with Crippen LogP contribution in [0.15, 0.2) is 41.5 Å². The molecule has 0 aliphatic heterocycles. The van der Waals surface area contributed by atoms with Crippen LogP contribution in [0, 0.1) is 0 Å². The molecule has 2 rings (SSSR count). The third-order valence-electron chi connectivity index (χ3n) is 4.70. The molecule has 0 aliphatic rings. The number of amides is 1. The van der Waals surface area contributed by atoms with Crippen LogP contribution in [-0.2, 0) is 20.1 Å². The fourth-order valence-corrected chi connectivity index (χ4v) is 3.06. The van der Waals surface area contributed by atoms with E-state index >= 15 is 0 Å². The van der Waals surface area contributed by atoms with E-state index < -0.39 is 0 Å². The van der Waals surface area contributed by atoms with E-state index in [4.69, 9.17) is 11.6 Å². The van der Waals surface area contributed by atoms with Crippen LogP contribution in [0.25, 0.3) is 0 Å². The molecule has 2 aromatic rings. The molecule has 6 nitrogen and oxygen atoms in total. The average Bonchev–Trinajstić information content (AvgIpc) is 2.99. The fraction of sp³-hybridized carbons (Fsp3) is 0.429. The molecule has 29 heavy (non-hydrogen) atoms. The van der Waals surface area contributed by atoms with Gasteiger partial charge < -0.3 is 20.1 Å². The van der Waals surface area contributed by atoms with Crippen molar-refractivity contribution in [2.24, 2.45) is 12.0 Å². The van der Waals surface area contributed by atoms with Crippen molar-refractivity contribution >= 4 is 47.4 Å². The minimum Gasteiger partial charge on any atom is -0.352 e. The Kier molecular flexibility index (Phi) is 10.5. The zero-order valence-electron chi connectivity index (χ0n) is 17.7. The number of aryl methyl sites for hydroxylation is 1. The minimum atomic E-state index is -0.0365. The van der Waals surface area contributed by atoms with E-state index in [0.717, 1.165) is 28.7 Å². The van der Waals surface area contributed by atoms with Crippen LogP contribution in [0.3, 0.4) is 0 Å². The van der Waals surface area contributed by atoms with Gasteiger partial charge in [-0.2, -0.15) is 0 Å². The Labute approximate surface area is 195 Å². The van der Waals surface area contributed by atoms with E-state index in [9.17, 15) is 4.79 Å². The monoisotopic (exact) mass is 531 g/mol. The van der Waals surface area contributed by atoms with Crippen LogP contribution in [0.2, 0.25) is 5.02 Å². The molecule has 0 saturated heterocycles. The number of nitrogens with zero attached hydrogens (tertiary/aromatic N) is 3. The van der Waals surface area contributed by atoms with Gasteiger partial charge in [-0.3, -0.25) is 9.79 Å². The summed E-state index contributed by atoms with van der Waals surface area (Å²) < 4.78 is 2.01. The van der Waals surface area contributed by atoms with Gasteiger partial charge in [0, 0.05) is 51.2 Å². The van der Waals surface area contributed by atoms with Crippen molar-refractivity contribution in [3.05, 3.63) is 58.4 Å². The summed E-state index contributed by atoms with van der Waals surface area (Å²) in [6.45, 7) is 5.37. The molecule has 1 aromatic carbocycles. The van der Waals surface area contributed by atoms with E-state index in [2.05, 4.69) is 22.5 Å². The van der Waals surface area contributed by atoms with Gasteiger partial charge in [0.15, 0.2) is 5.96 Å². The van der Waals surface area contributed by atoms with Crippen molar-refractivity contribution in [2.75, 3.05) is 14.1 Å². The van der Waals surface area contributed by atoms with Crippen LogP contribution >= 0.6 is 35.6 Å². The first kappa shape index (κ1) is 25.3. The maximum Gasteiger partial charge on any atom is 0.251 e. The summed E-state index contributed by atoms with van der Waals surface area (Å²) in [6, 6.07) is 9.76. The molecule has 1 unspecified atom stereocenters. The first-order valence-electron chi connectivity index (χ1n) is 9.46. The minimum absolute atomic E-state index is 0. The smallest absolute Gasteiger partial charge is 0.251 e. The van der Waals surface area contributed by atoms with Gasteiger partial charge in [0.2, 0.25) is 0 Å². The number of hydrogen-bond donors (Lipinski definition) is 2. The van der Waals surface area contributed by atoms with Gasteiger partial charge in [-0.15, -0.1) is 24.0 Å². The second-order valence-corrected chi connectivity index (χ2v) is 7.43. The van der Waals surface area contributed by atoms with Crippen molar-refractivity contribution in [1.29, 1.82) is 0 Å². The highest BCUT2D eigenvalue weighted by Crippen LogP contribution is 2.14. The van der Waals surface area contributed by atoms with Crippen LogP contribution < -0.4 is 10.6 Å². The Morgan fingerprint density at radius 3 is 2.48 bits per heavy atom. The Morgan fingerprint density at radius 1 is 1.31 bits per heavy atom. The van der Waals surface area contributed by atoms with Gasteiger partial charge >= 0.3 is 0 Å². The molecule has 2 N–H and O–H groups in total. The highest BCUT2D eigenvalue weighted by Gasteiger charge is 2.11. The maximum absolute atomic E-state index is 12.2. The van der Waals surface area contributed by atoms with Gasteiger partial charge in [-0.1, -0.05) is 30.7 Å². The SMILES string of the molecule is CCC(C)NC(=O)c1ccc(CNC(=NC)N(C)Cc2cc(Cl)cn2C)cc1.I. The number of hydrogen-bond acceptors (Lipinski definition) is 2. The number of carbonyl (C=O) groups excluding carboxylic acids is 1. The summed E-state index contributed by atoms with van der Waals surface area (Å²) >= 11 is 6.06. The topological polar surface area (TPSA) is 61.7 Å². The number of guanidine groups is 1. The van der Waals surface area contributed by atoms with E-state index in [1.54, 1.807) is 7.05 Å². The lowest BCUT2D eigenvalue weighted by molar-refractivity contribution is 0.0939. The van der Waals surface area contributed by atoms with Crippen molar-refractivity contribution < 1.29 is 4.79 Å². The molecule has 1 atom stereocenters. The number of benzene rings is 1. The fourth-order valence-electron chi connectivity index (χ4n) is 2.79. The molecule has 1 heterocycles. The number of rotatable bonds is 7. The largest absolute Gasteiger partial charge is 0.352 e. The Hall–Kier alpha value is -1.74. The number of aromatic nitrogens is 1. The molecule has 0 bridgehead atoms. The van der Waals surface area contributed by atoms with E-state index in [1.165, 1.54) is 0 Å². The molecule has 0 aliphatic carbocycles. The molecule has 1 aromatic heterocycles. The van der Waals surface area contributed by atoms with Gasteiger partial charge in [-0.05, 0) is 37.1 Å². The third kappa shape index (κ3) is 7.54. The summed E-state index contributed by atoms with van der Waals surface area (Å²) in [5, 5.41) is 7.06. The summed E-state index contributed by atoms with van der Waals surface area (Å²) in [5.74, 6) is 0.751. The second kappa shape index (κ2) is 12.1. The van der Waals surface area contributed by atoms with Crippen molar-refractivity contribution in [2.45, 2.75) is 39.4 Å². The Balaban J connectivity index is 0.00000420. The number of nitrogens with one attached hydrogen (secondary N) is 2. The molecule has 0 fully saturated rings. The van der Waals surface area contributed by atoms with E-state index in [1.807, 2.05) is 67.0 Å². The van der Waals surface area contributed by atoms with E-state index in [0.29, 0.717) is 18.7 Å². The molecule has 0 radical (unpaired) electrons. The summed E-state index contributed by atoms with van der Waals surface area (Å²) in [4.78, 5) is 18.6. The van der Waals surface area contributed by atoms with Gasteiger partial charge in [0.05, 0.1) is 11.6 Å². The van der Waals surface area contributed by atoms with Gasteiger partial charge in [0.1, 0.15) is 0 Å². The Bertz CT molecular complexity index is 819. The van der Waals surface area contributed by atoms with Crippen LogP contribution in [-0.4, -0.2) is 41.5 Å². The summed E-state index contributed by atoms with van der Waals surface area (Å²) in [7, 11) is 5.72. The first-order valence-corrected chi connectivity index (χ1v) is 9.84. The van der Waals surface area contributed by atoms with Crippen LogP contribution in [0.1, 0.15) is 41.9 Å². The molecular weight excluding hydrogens is 501 g/mol. The zero-order chi connectivity index (χ0) is 20.7. The molecule has 160 valence electrons. The van der Waals surface area contributed by atoms with Crippen molar-refractivity contribution in [3.63, 3.8) is 0 Å². The zero-order valence-corrected chi connectivity index (χ0v) is 20.8. The number of halogens is 2. The van der Waals surface area contributed by atoms with Gasteiger partial charge in [0.25, 0.3) is 5.91 Å². The summed E-state index contributed by atoms with van der Waals surface area (Å²) in [6.07, 6.45) is 2.80. The number of aliphatic imine (C=N–C) groups is 1. The quantitative estimate of drug-likeness (QED) is 0.322. The highest BCUT2D eigenvalue weighted by molar-refractivity contribution is 14.0. The summed E-state index contributed by atoms with van der Waals surface area (Å²) in [5.41, 5.74) is 2.86. The van der Waals surface area contributed by atoms with Crippen molar-refractivity contribution in [3.8, 4) is 0 Å². The third-order valence-corrected chi connectivity index (χ3v) is 4.91. The standard InChI is InChI=1S/C21H30ClN5O.HI/c1-6-15(2)25-20(28)17-9-7-16(8-10-17)12-24-21(23-3)27(5)14-19-11-18(22)13-26(19)4;/h7-11,13,15H,6,12,14H2,1-5H3,(H,23,24)(H,25,28);1H. The predicted octanol–water partition coefficient (Wildman–Crippen LogP) is 4.03. The molecule has 0 saturated carbocycles. The van der Waals surface area contributed by atoms with Crippen molar-refractivity contribution in [1.82, 2.24) is 20.1 Å². The van der Waals surface area contributed by atoms with Gasteiger partial charge in [-0.25, -0.2) is 0 Å². The first-order chi connectivity index (χ1) is 13.3. The average molecular weight is 532 g/mol. The maximum atomic E-state index is 12.2. The normalized spacial score (nSPS) is 12.1. The lowest BCUT2D eigenvalue weighted by Gasteiger charge is -2.22. The van der Waals surface area contributed by atoms with E-state index in [-0.39, 0.29) is 35.9 Å². The molecular formula is C21H31ClIN5O. The predicted molar refractivity (Wildman–Crippen MR) is 131 cm³/mol. The van der Waals surface area contributed by atoms with Crippen LogP contribution in [0.4, 0.5) is 0 Å². The van der Waals surface area contributed by atoms with Crippen LogP contribution in [0.5, 0.6) is 0 Å². The number of carbonyl (C=O) groups is 1. The lowest BCUT2D eigenvalue weighted by atomic mass is 10.1. The lowest BCUT2D eigenvalue weighted by Crippen LogP contribution is -2.38. The Morgan fingerprint density at radius 2 is 1.97 bits per heavy atom. The molecule has 1 amide bonds. The molecule has 0 spiro atoms. The molecule has 8 heteroatoms. The second-order valence-electron chi connectivity index (χ2n) is 7.00.